The first-order valence-electron chi connectivity index (χ1n) is 6.75. The van der Waals surface area contributed by atoms with Crippen LogP contribution in [0.2, 0.25) is 0 Å². The SMILES string of the molecule is CCC(C)C(C)Nc1ccc(NS(=O)(=O)CC)cc1. The lowest BCUT2D eigenvalue weighted by Gasteiger charge is -2.21. The van der Waals surface area contributed by atoms with Crippen molar-refractivity contribution in [1.82, 2.24) is 0 Å². The number of anilines is 2. The fourth-order valence-electron chi connectivity index (χ4n) is 1.64. The third-order valence-electron chi connectivity index (χ3n) is 3.43. The molecule has 0 fully saturated rings. The van der Waals surface area contributed by atoms with Crippen LogP contribution in [-0.4, -0.2) is 20.2 Å². The molecule has 0 heterocycles. The quantitative estimate of drug-likeness (QED) is 0.807. The van der Waals surface area contributed by atoms with Crippen molar-refractivity contribution in [1.29, 1.82) is 0 Å². The second-order valence-corrected chi connectivity index (χ2v) is 6.91. The fourth-order valence-corrected chi connectivity index (χ4v) is 2.28. The number of nitrogens with one attached hydrogen (secondary N) is 2. The average molecular weight is 284 g/mol. The smallest absolute Gasteiger partial charge is 0.232 e. The number of hydrogen-bond donors (Lipinski definition) is 2. The maximum atomic E-state index is 11.4. The molecule has 0 aromatic heterocycles. The summed E-state index contributed by atoms with van der Waals surface area (Å²) >= 11 is 0. The topological polar surface area (TPSA) is 58.2 Å². The van der Waals surface area contributed by atoms with Crippen LogP contribution in [0.5, 0.6) is 0 Å². The highest BCUT2D eigenvalue weighted by molar-refractivity contribution is 7.92. The molecule has 19 heavy (non-hydrogen) atoms. The number of hydrogen-bond acceptors (Lipinski definition) is 3. The van der Waals surface area contributed by atoms with E-state index in [0.29, 0.717) is 17.6 Å². The number of benzene rings is 1. The van der Waals surface area contributed by atoms with Crippen LogP contribution in [0.1, 0.15) is 34.1 Å². The Hall–Kier alpha value is -1.23. The second-order valence-electron chi connectivity index (χ2n) is 4.90. The van der Waals surface area contributed by atoms with Crippen LogP contribution in [0.25, 0.3) is 0 Å². The van der Waals surface area contributed by atoms with Gasteiger partial charge in [-0.2, -0.15) is 0 Å². The molecule has 4 nitrogen and oxygen atoms in total. The number of rotatable bonds is 7. The second kappa shape index (κ2) is 6.80. The highest BCUT2D eigenvalue weighted by Crippen LogP contribution is 2.18. The minimum atomic E-state index is -3.20. The Morgan fingerprint density at radius 3 is 2.05 bits per heavy atom. The van der Waals surface area contributed by atoms with Gasteiger partial charge in [0.05, 0.1) is 5.75 Å². The summed E-state index contributed by atoms with van der Waals surface area (Å²) in [7, 11) is -3.20. The van der Waals surface area contributed by atoms with E-state index >= 15 is 0 Å². The molecular weight excluding hydrogens is 260 g/mol. The predicted octanol–water partition coefficient (Wildman–Crippen LogP) is 3.29. The highest BCUT2D eigenvalue weighted by atomic mass is 32.2. The molecule has 0 aliphatic carbocycles. The lowest BCUT2D eigenvalue weighted by molar-refractivity contribution is 0.494. The van der Waals surface area contributed by atoms with Gasteiger partial charge in [-0.25, -0.2) is 8.42 Å². The maximum absolute atomic E-state index is 11.4. The third-order valence-corrected chi connectivity index (χ3v) is 4.74. The van der Waals surface area contributed by atoms with Crippen LogP contribution in [-0.2, 0) is 10.0 Å². The van der Waals surface area contributed by atoms with Crippen molar-refractivity contribution in [3.05, 3.63) is 24.3 Å². The summed E-state index contributed by atoms with van der Waals surface area (Å²) in [4.78, 5) is 0. The average Bonchev–Trinajstić information content (AvgIpc) is 2.39. The fraction of sp³-hybridized carbons (Fsp3) is 0.571. The van der Waals surface area contributed by atoms with Gasteiger partial charge in [0.25, 0.3) is 0 Å². The van der Waals surface area contributed by atoms with Crippen LogP contribution in [0.4, 0.5) is 11.4 Å². The van der Waals surface area contributed by atoms with E-state index in [0.717, 1.165) is 12.1 Å². The molecule has 0 saturated carbocycles. The van der Waals surface area contributed by atoms with Crippen molar-refractivity contribution in [2.24, 2.45) is 5.92 Å². The van der Waals surface area contributed by atoms with Crippen molar-refractivity contribution in [2.45, 2.75) is 40.2 Å². The third kappa shape index (κ3) is 5.11. The molecule has 2 unspecified atom stereocenters. The van der Waals surface area contributed by atoms with E-state index in [1.807, 2.05) is 12.1 Å². The van der Waals surface area contributed by atoms with Crippen molar-refractivity contribution in [3.8, 4) is 0 Å². The van der Waals surface area contributed by atoms with Gasteiger partial charge in [-0.15, -0.1) is 0 Å². The molecule has 0 spiro atoms. The Labute approximate surface area is 116 Å². The molecule has 5 heteroatoms. The van der Waals surface area contributed by atoms with Gasteiger partial charge in [-0.3, -0.25) is 4.72 Å². The molecule has 1 aromatic rings. The van der Waals surface area contributed by atoms with Gasteiger partial charge in [0.2, 0.25) is 10.0 Å². The van der Waals surface area contributed by atoms with Crippen molar-refractivity contribution in [3.63, 3.8) is 0 Å². The van der Waals surface area contributed by atoms with Crippen LogP contribution in [0.15, 0.2) is 24.3 Å². The van der Waals surface area contributed by atoms with Gasteiger partial charge in [0, 0.05) is 17.4 Å². The Morgan fingerprint density at radius 2 is 1.58 bits per heavy atom. The molecule has 1 rings (SSSR count). The maximum Gasteiger partial charge on any atom is 0.232 e. The summed E-state index contributed by atoms with van der Waals surface area (Å²) < 4.78 is 25.4. The van der Waals surface area contributed by atoms with Gasteiger partial charge >= 0.3 is 0 Å². The van der Waals surface area contributed by atoms with Gasteiger partial charge in [0.15, 0.2) is 0 Å². The Balaban J connectivity index is 2.67. The normalized spacial score (nSPS) is 14.7. The summed E-state index contributed by atoms with van der Waals surface area (Å²) in [5.74, 6) is 0.677. The van der Waals surface area contributed by atoms with Crippen molar-refractivity contribution < 1.29 is 8.42 Å². The van der Waals surface area contributed by atoms with Gasteiger partial charge in [0.1, 0.15) is 0 Å². The van der Waals surface area contributed by atoms with E-state index in [4.69, 9.17) is 0 Å². The summed E-state index contributed by atoms with van der Waals surface area (Å²) in [5.41, 5.74) is 1.61. The van der Waals surface area contributed by atoms with Crippen LogP contribution < -0.4 is 10.0 Å². The Kier molecular flexibility index (Phi) is 5.66. The molecule has 0 bridgehead atoms. The summed E-state index contributed by atoms with van der Waals surface area (Å²) in [6.45, 7) is 8.15. The van der Waals surface area contributed by atoms with Gasteiger partial charge in [-0.05, 0) is 44.0 Å². The van der Waals surface area contributed by atoms with E-state index in [2.05, 4.69) is 30.8 Å². The van der Waals surface area contributed by atoms with E-state index in [9.17, 15) is 8.42 Å². The first-order chi connectivity index (χ1) is 8.88. The standard InChI is InChI=1S/C14H24N2O2S/c1-5-11(3)12(4)15-13-7-9-14(10-8-13)16-19(17,18)6-2/h7-12,15-16H,5-6H2,1-4H3. The van der Waals surface area contributed by atoms with Crippen LogP contribution in [0.3, 0.4) is 0 Å². The molecule has 108 valence electrons. The van der Waals surface area contributed by atoms with E-state index in [-0.39, 0.29) is 5.75 Å². The molecule has 0 aliphatic heterocycles. The monoisotopic (exact) mass is 284 g/mol. The molecule has 0 radical (unpaired) electrons. The first-order valence-corrected chi connectivity index (χ1v) is 8.40. The molecule has 0 aliphatic rings. The summed E-state index contributed by atoms with van der Waals surface area (Å²) in [6, 6.07) is 7.74. The zero-order valence-electron chi connectivity index (χ0n) is 12.1. The Bertz CT molecular complexity index is 483. The molecule has 0 amide bonds. The molecule has 1 aromatic carbocycles. The zero-order valence-corrected chi connectivity index (χ0v) is 12.9. The lowest BCUT2D eigenvalue weighted by Crippen LogP contribution is -2.23. The minimum absolute atomic E-state index is 0.0814. The van der Waals surface area contributed by atoms with Crippen molar-refractivity contribution >= 4 is 21.4 Å². The molecule has 2 atom stereocenters. The van der Waals surface area contributed by atoms with E-state index < -0.39 is 10.0 Å². The molecular formula is C14H24N2O2S. The molecule has 0 saturated heterocycles. The lowest BCUT2D eigenvalue weighted by atomic mass is 10.0. The number of sulfonamides is 1. The zero-order chi connectivity index (χ0) is 14.5. The first kappa shape index (κ1) is 15.8. The van der Waals surface area contributed by atoms with E-state index in [1.54, 1.807) is 19.1 Å². The largest absolute Gasteiger partial charge is 0.382 e. The van der Waals surface area contributed by atoms with Gasteiger partial charge in [-0.1, -0.05) is 20.3 Å². The van der Waals surface area contributed by atoms with Crippen molar-refractivity contribution in [2.75, 3.05) is 15.8 Å². The summed E-state index contributed by atoms with van der Waals surface area (Å²) in [6.07, 6.45) is 1.13. The minimum Gasteiger partial charge on any atom is -0.382 e. The van der Waals surface area contributed by atoms with Gasteiger partial charge < -0.3 is 5.32 Å². The van der Waals surface area contributed by atoms with E-state index in [1.165, 1.54) is 0 Å². The Morgan fingerprint density at radius 1 is 1.05 bits per heavy atom. The predicted molar refractivity (Wildman–Crippen MR) is 82.1 cm³/mol. The van der Waals surface area contributed by atoms with Crippen LogP contribution in [0, 0.1) is 5.92 Å². The summed E-state index contributed by atoms with van der Waals surface area (Å²) in [5, 5.41) is 3.42. The molecule has 2 N–H and O–H groups in total. The highest BCUT2D eigenvalue weighted by Gasteiger charge is 2.10. The van der Waals surface area contributed by atoms with Crippen LogP contribution >= 0.6 is 0 Å².